The number of hydrogen-bond donors (Lipinski definition) is 2. The molecule has 2 N–H and O–H groups in total. The van der Waals surface area contributed by atoms with Gasteiger partial charge >= 0.3 is 5.97 Å². The standard InChI is InChI=1S/C20H18N2O4/c1-11-5-10-16(22(25)26)17-14-3-2-4-15(14)19(21-18(11)17)12-6-8-13(9-7-12)20(23)24/h2-3,5-10,14-15,19,21H,4H2,1H3,(H,23,24)/t14-,15+,19?/m1/s1. The number of nitro groups is 1. The van der Waals surface area contributed by atoms with E-state index in [1.807, 2.05) is 19.1 Å². The van der Waals surface area contributed by atoms with Gasteiger partial charge in [0.2, 0.25) is 0 Å². The number of hydrogen-bond acceptors (Lipinski definition) is 4. The number of benzene rings is 2. The second-order valence-electron chi connectivity index (χ2n) is 6.85. The van der Waals surface area contributed by atoms with E-state index in [2.05, 4.69) is 17.5 Å². The van der Waals surface area contributed by atoms with Gasteiger partial charge in [-0.3, -0.25) is 10.1 Å². The number of rotatable bonds is 3. The van der Waals surface area contributed by atoms with Crippen LogP contribution in [0.1, 0.15) is 45.4 Å². The second kappa shape index (κ2) is 5.98. The van der Waals surface area contributed by atoms with E-state index in [-0.39, 0.29) is 34.1 Å². The van der Waals surface area contributed by atoms with Gasteiger partial charge in [-0.1, -0.05) is 30.4 Å². The van der Waals surface area contributed by atoms with Gasteiger partial charge in [0.1, 0.15) is 0 Å². The van der Waals surface area contributed by atoms with E-state index in [1.54, 1.807) is 24.3 Å². The molecule has 132 valence electrons. The van der Waals surface area contributed by atoms with Crippen molar-refractivity contribution in [1.82, 2.24) is 0 Å². The fourth-order valence-electron chi connectivity index (χ4n) is 4.16. The average Bonchev–Trinajstić information content (AvgIpc) is 3.11. The van der Waals surface area contributed by atoms with Crippen LogP contribution in [0.3, 0.4) is 0 Å². The van der Waals surface area contributed by atoms with Gasteiger partial charge in [0.05, 0.1) is 22.1 Å². The maximum absolute atomic E-state index is 11.5. The zero-order chi connectivity index (χ0) is 18.4. The lowest BCUT2D eigenvalue weighted by Gasteiger charge is -2.38. The van der Waals surface area contributed by atoms with Gasteiger partial charge in [-0.15, -0.1) is 0 Å². The van der Waals surface area contributed by atoms with Crippen LogP contribution >= 0.6 is 0 Å². The topological polar surface area (TPSA) is 92.5 Å². The van der Waals surface area contributed by atoms with Crippen LogP contribution in [0, 0.1) is 23.0 Å². The zero-order valence-electron chi connectivity index (χ0n) is 14.2. The molecule has 0 saturated carbocycles. The van der Waals surface area contributed by atoms with Crippen LogP contribution < -0.4 is 5.32 Å². The number of aromatic carboxylic acids is 1. The molecule has 0 amide bonds. The monoisotopic (exact) mass is 350 g/mol. The lowest BCUT2D eigenvalue weighted by molar-refractivity contribution is -0.385. The molecule has 0 saturated heterocycles. The lowest BCUT2D eigenvalue weighted by Crippen LogP contribution is -2.30. The van der Waals surface area contributed by atoms with E-state index >= 15 is 0 Å². The maximum Gasteiger partial charge on any atom is 0.335 e. The average molecular weight is 350 g/mol. The summed E-state index contributed by atoms with van der Waals surface area (Å²) in [5.41, 5.74) is 3.94. The van der Waals surface area contributed by atoms with Crippen LogP contribution in [0.15, 0.2) is 48.6 Å². The van der Waals surface area contributed by atoms with Gasteiger partial charge in [-0.05, 0) is 42.5 Å². The zero-order valence-corrected chi connectivity index (χ0v) is 14.2. The second-order valence-corrected chi connectivity index (χ2v) is 6.85. The van der Waals surface area contributed by atoms with Crippen LogP contribution in [-0.4, -0.2) is 16.0 Å². The predicted molar refractivity (Wildman–Crippen MR) is 97.6 cm³/mol. The third kappa shape index (κ3) is 2.45. The summed E-state index contributed by atoms with van der Waals surface area (Å²) in [5, 5.41) is 24.1. The summed E-state index contributed by atoms with van der Waals surface area (Å²) >= 11 is 0. The van der Waals surface area contributed by atoms with Crippen molar-refractivity contribution in [1.29, 1.82) is 0 Å². The summed E-state index contributed by atoms with van der Waals surface area (Å²) in [7, 11) is 0. The van der Waals surface area contributed by atoms with Crippen LogP contribution in [0.5, 0.6) is 0 Å². The molecule has 0 bridgehead atoms. The molecule has 0 fully saturated rings. The molecular formula is C20H18N2O4. The molecule has 3 atom stereocenters. The first-order valence-electron chi connectivity index (χ1n) is 8.51. The molecule has 26 heavy (non-hydrogen) atoms. The first kappa shape index (κ1) is 16.3. The quantitative estimate of drug-likeness (QED) is 0.485. The molecule has 2 aliphatic rings. The van der Waals surface area contributed by atoms with Gasteiger partial charge in [0.25, 0.3) is 5.69 Å². The molecule has 1 aliphatic carbocycles. The van der Waals surface area contributed by atoms with Gasteiger partial charge < -0.3 is 10.4 Å². The summed E-state index contributed by atoms with van der Waals surface area (Å²) in [5.74, 6) is -0.806. The number of aryl methyl sites for hydroxylation is 1. The molecule has 1 heterocycles. The van der Waals surface area contributed by atoms with E-state index in [9.17, 15) is 14.9 Å². The Labute approximate surface area is 150 Å². The maximum atomic E-state index is 11.5. The first-order valence-corrected chi connectivity index (χ1v) is 8.51. The fourth-order valence-corrected chi connectivity index (χ4v) is 4.16. The SMILES string of the molecule is Cc1ccc([N+](=O)[O-])c2c1NC(c1ccc(C(=O)O)cc1)[C@H]1CC=C[C@@H]21. The summed E-state index contributed by atoms with van der Waals surface area (Å²) in [6.07, 6.45) is 4.97. The molecule has 0 aromatic heterocycles. The highest BCUT2D eigenvalue weighted by atomic mass is 16.6. The number of carbonyl (C=O) groups is 1. The number of allylic oxidation sites excluding steroid dienone is 2. The van der Waals surface area contributed by atoms with Crippen molar-refractivity contribution in [3.05, 3.63) is 80.9 Å². The summed E-state index contributed by atoms with van der Waals surface area (Å²) < 4.78 is 0. The Balaban J connectivity index is 1.81. The number of fused-ring (bicyclic) bond motifs is 3. The lowest BCUT2D eigenvalue weighted by atomic mass is 9.75. The van der Waals surface area contributed by atoms with Crippen molar-refractivity contribution >= 4 is 17.3 Å². The van der Waals surface area contributed by atoms with Crippen molar-refractivity contribution in [3.63, 3.8) is 0 Å². The Morgan fingerprint density at radius 3 is 2.62 bits per heavy atom. The first-order chi connectivity index (χ1) is 12.5. The smallest absolute Gasteiger partial charge is 0.335 e. The van der Waals surface area contributed by atoms with E-state index in [0.717, 1.165) is 28.8 Å². The Hall–Kier alpha value is -3.15. The van der Waals surface area contributed by atoms with E-state index < -0.39 is 5.97 Å². The van der Waals surface area contributed by atoms with Crippen molar-refractivity contribution in [2.24, 2.45) is 5.92 Å². The van der Waals surface area contributed by atoms with Crippen LogP contribution in [0.4, 0.5) is 11.4 Å². The molecular weight excluding hydrogens is 332 g/mol. The molecule has 2 aromatic carbocycles. The highest BCUT2D eigenvalue weighted by molar-refractivity contribution is 5.87. The third-order valence-corrected chi connectivity index (χ3v) is 5.42. The van der Waals surface area contributed by atoms with E-state index in [1.165, 1.54) is 0 Å². The minimum absolute atomic E-state index is 0.0179. The largest absolute Gasteiger partial charge is 0.478 e. The highest BCUT2D eigenvalue weighted by Crippen LogP contribution is 2.53. The summed E-state index contributed by atoms with van der Waals surface area (Å²) in [6, 6.07) is 10.2. The Bertz CT molecular complexity index is 934. The summed E-state index contributed by atoms with van der Waals surface area (Å²) in [6.45, 7) is 1.94. The van der Waals surface area contributed by atoms with Crippen LogP contribution in [0.2, 0.25) is 0 Å². The van der Waals surface area contributed by atoms with Gasteiger partial charge in [0.15, 0.2) is 0 Å². The normalized spacial score (nSPS) is 23.0. The number of carboxylic acids is 1. The minimum Gasteiger partial charge on any atom is -0.478 e. The van der Waals surface area contributed by atoms with Crippen molar-refractivity contribution in [2.75, 3.05) is 5.32 Å². The van der Waals surface area contributed by atoms with Crippen LogP contribution in [-0.2, 0) is 0 Å². The number of nitrogens with zero attached hydrogens (tertiary/aromatic N) is 1. The predicted octanol–water partition coefficient (Wildman–Crippen LogP) is 4.43. The number of carboxylic acid groups (broad SMARTS) is 1. The van der Waals surface area contributed by atoms with Crippen molar-refractivity contribution in [3.8, 4) is 0 Å². The van der Waals surface area contributed by atoms with Gasteiger partial charge in [0, 0.05) is 17.7 Å². The Morgan fingerprint density at radius 1 is 1.23 bits per heavy atom. The third-order valence-electron chi connectivity index (χ3n) is 5.42. The van der Waals surface area contributed by atoms with E-state index in [0.29, 0.717) is 0 Å². The van der Waals surface area contributed by atoms with Crippen molar-refractivity contribution < 1.29 is 14.8 Å². The Kier molecular flexibility index (Phi) is 3.76. The van der Waals surface area contributed by atoms with Crippen LogP contribution in [0.25, 0.3) is 0 Å². The number of nitro benzene ring substituents is 1. The molecule has 1 aliphatic heterocycles. The highest BCUT2D eigenvalue weighted by Gasteiger charge is 2.42. The number of anilines is 1. The van der Waals surface area contributed by atoms with Gasteiger partial charge in [-0.25, -0.2) is 4.79 Å². The molecule has 6 heteroatoms. The van der Waals surface area contributed by atoms with Gasteiger partial charge in [-0.2, -0.15) is 0 Å². The fraction of sp³-hybridized carbons (Fsp3) is 0.250. The molecule has 2 aromatic rings. The molecule has 4 rings (SSSR count). The molecule has 6 nitrogen and oxygen atoms in total. The van der Waals surface area contributed by atoms with Crippen molar-refractivity contribution in [2.45, 2.75) is 25.3 Å². The molecule has 1 unspecified atom stereocenters. The number of nitrogens with one attached hydrogen (secondary N) is 1. The van der Waals surface area contributed by atoms with E-state index in [4.69, 9.17) is 5.11 Å². The molecule has 0 spiro atoms. The Morgan fingerprint density at radius 2 is 1.96 bits per heavy atom. The summed E-state index contributed by atoms with van der Waals surface area (Å²) in [4.78, 5) is 22.3. The molecule has 0 radical (unpaired) electrons. The minimum atomic E-state index is -0.953.